The molecular formula is C13H17FN2O2. The number of ether oxygens (including phenoxy) is 1. The van der Waals surface area contributed by atoms with Crippen molar-refractivity contribution in [2.75, 3.05) is 13.2 Å². The van der Waals surface area contributed by atoms with Gasteiger partial charge in [0.25, 0.3) is 0 Å². The van der Waals surface area contributed by atoms with Crippen LogP contribution in [0.1, 0.15) is 24.9 Å². The van der Waals surface area contributed by atoms with Crippen LogP contribution in [0.3, 0.4) is 0 Å². The largest absolute Gasteiger partial charge is 0.379 e. The maximum Gasteiger partial charge on any atom is 0.243 e. The first-order valence-corrected chi connectivity index (χ1v) is 5.94. The van der Waals surface area contributed by atoms with E-state index in [2.05, 4.69) is 5.32 Å². The molecule has 0 spiro atoms. The number of benzene rings is 1. The van der Waals surface area contributed by atoms with E-state index in [4.69, 9.17) is 10.5 Å². The van der Waals surface area contributed by atoms with Crippen molar-refractivity contribution in [1.29, 1.82) is 0 Å². The molecule has 2 atom stereocenters. The molecule has 0 bridgehead atoms. The quantitative estimate of drug-likeness (QED) is 0.847. The highest BCUT2D eigenvalue weighted by Crippen LogP contribution is 2.19. The highest BCUT2D eigenvalue weighted by Gasteiger charge is 2.38. The van der Waals surface area contributed by atoms with E-state index in [1.807, 2.05) is 0 Å². The number of amides is 1. The third kappa shape index (κ3) is 2.68. The van der Waals surface area contributed by atoms with E-state index in [1.54, 1.807) is 19.1 Å². The van der Waals surface area contributed by atoms with Crippen molar-refractivity contribution in [3.63, 3.8) is 0 Å². The lowest BCUT2D eigenvalue weighted by atomic mass is 9.98. The molecule has 1 heterocycles. The lowest BCUT2D eigenvalue weighted by Gasteiger charge is -2.24. The summed E-state index contributed by atoms with van der Waals surface area (Å²) in [5.41, 5.74) is 5.70. The summed E-state index contributed by atoms with van der Waals surface area (Å²) in [6, 6.07) is 5.87. The lowest BCUT2D eigenvalue weighted by Crippen LogP contribution is -2.54. The highest BCUT2D eigenvalue weighted by molar-refractivity contribution is 5.86. The molecule has 1 saturated heterocycles. The molecule has 1 aliphatic heterocycles. The predicted octanol–water partition coefficient (Wildman–Crippen LogP) is 1.12. The van der Waals surface area contributed by atoms with Gasteiger partial charge in [0.1, 0.15) is 11.4 Å². The van der Waals surface area contributed by atoms with Gasteiger partial charge in [-0.05, 0) is 31.0 Å². The fraction of sp³-hybridized carbons (Fsp3) is 0.462. The number of halogens is 1. The maximum atomic E-state index is 13.1. The zero-order valence-corrected chi connectivity index (χ0v) is 10.3. The Balaban J connectivity index is 2.03. The second kappa shape index (κ2) is 5.04. The van der Waals surface area contributed by atoms with Crippen LogP contribution in [0.2, 0.25) is 0 Å². The van der Waals surface area contributed by atoms with E-state index in [-0.39, 0.29) is 24.4 Å². The molecule has 3 N–H and O–H groups in total. The summed E-state index contributed by atoms with van der Waals surface area (Å²) >= 11 is 0. The van der Waals surface area contributed by atoms with Crippen molar-refractivity contribution < 1.29 is 13.9 Å². The Hall–Kier alpha value is -1.46. The van der Waals surface area contributed by atoms with E-state index in [1.165, 1.54) is 12.1 Å². The molecule has 0 aliphatic carbocycles. The Labute approximate surface area is 105 Å². The average molecular weight is 252 g/mol. The van der Waals surface area contributed by atoms with Crippen LogP contribution in [0, 0.1) is 5.82 Å². The number of carbonyl (C=O) groups is 1. The fourth-order valence-corrected chi connectivity index (χ4v) is 1.96. The highest BCUT2D eigenvalue weighted by atomic mass is 19.1. The van der Waals surface area contributed by atoms with E-state index in [9.17, 15) is 9.18 Å². The molecule has 5 heteroatoms. The van der Waals surface area contributed by atoms with Crippen molar-refractivity contribution in [3.05, 3.63) is 35.6 Å². The Kier molecular flexibility index (Phi) is 3.63. The minimum atomic E-state index is -0.957. The standard InChI is InChI=1S/C13H17FN2O2/c1-9(10-3-2-4-11(14)7-10)16-12(17)13(15)5-6-18-8-13/h2-4,7,9H,5-6,8,15H2,1H3,(H,16,17)/t9-,13?/m1/s1. The van der Waals surface area contributed by atoms with E-state index in [0.717, 1.165) is 0 Å². The summed E-state index contributed by atoms with van der Waals surface area (Å²) in [5, 5.41) is 2.80. The van der Waals surface area contributed by atoms with Gasteiger partial charge in [-0.2, -0.15) is 0 Å². The second-order valence-corrected chi connectivity index (χ2v) is 4.71. The van der Waals surface area contributed by atoms with Gasteiger partial charge in [0.15, 0.2) is 0 Å². The zero-order valence-electron chi connectivity index (χ0n) is 10.3. The molecule has 1 fully saturated rings. The summed E-state index contributed by atoms with van der Waals surface area (Å²) in [6.45, 7) is 2.53. The number of carbonyl (C=O) groups excluding carboxylic acids is 1. The van der Waals surface area contributed by atoms with Gasteiger partial charge >= 0.3 is 0 Å². The van der Waals surface area contributed by atoms with Gasteiger partial charge < -0.3 is 15.8 Å². The molecule has 18 heavy (non-hydrogen) atoms. The predicted molar refractivity (Wildman–Crippen MR) is 65.3 cm³/mol. The first-order valence-electron chi connectivity index (χ1n) is 5.94. The van der Waals surface area contributed by atoms with Gasteiger partial charge in [-0.25, -0.2) is 4.39 Å². The lowest BCUT2D eigenvalue weighted by molar-refractivity contribution is -0.127. The molecule has 1 amide bonds. The van der Waals surface area contributed by atoms with Crippen LogP contribution < -0.4 is 11.1 Å². The van der Waals surface area contributed by atoms with Crippen LogP contribution >= 0.6 is 0 Å². The van der Waals surface area contributed by atoms with Crippen LogP contribution in [-0.4, -0.2) is 24.7 Å². The molecule has 0 saturated carbocycles. The molecule has 1 aromatic carbocycles. The summed E-state index contributed by atoms with van der Waals surface area (Å²) in [4.78, 5) is 12.0. The zero-order chi connectivity index (χ0) is 13.2. The Morgan fingerprint density at radius 3 is 3.00 bits per heavy atom. The summed E-state index contributed by atoms with van der Waals surface area (Å²) < 4.78 is 18.2. The number of nitrogens with two attached hydrogens (primary N) is 1. The molecule has 0 aromatic heterocycles. The number of hydrogen-bond donors (Lipinski definition) is 2. The van der Waals surface area contributed by atoms with Crippen molar-refractivity contribution in [1.82, 2.24) is 5.32 Å². The van der Waals surface area contributed by atoms with E-state index in [0.29, 0.717) is 18.6 Å². The smallest absolute Gasteiger partial charge is 0.243 e. The number of rotatable bonds is 3. The van der Waals surface area contributed by atoms with Gasteiger partial charge in [-0.3, -0.25) is 4.79 Å². The van der Waals surface area contributed by atoms with Crippen molar-refractivity contribution >= 4 is 5.91 Å². The first kappa shape index (κ1) is 13.0. The summed E-state index contributed by atoms with van der Waals surface area (Å²) in [6.07, 6.45) is 0.509. The van der Waals surface area contributed by atoms with E-state index >= 15 is 0 Å². The second-order valence-electron chi connectivity index (χ2n) is 4.71. The summed E-state index contributed by atoms with van der Waals surface area (Å²) in [5.74, 6) is -0.572. The molecule has 2 rings (SSSR count). The topological polar surface area (TPSA) is 64.4 Å². The Morgan fingerprint density at radius 2 is 2.39 bits per heavy atom. The fourth-order valence-electron chi connectivity index (χ4n) is 1.96. The minimum absolute atomic E-state index is 0.231. The average Bonchev–Trinajstić information content (AvgIpc) is 2.77. The first-order chi connectivity index (χ1) is 8.51. The monoisotopic (exact) mass is 252 g/mol. The SMILES string of the molecule is C[C@@H](NC(=O)C1(N)CCOC1)c1cccc(F)c1. The molecule has 4 nitrogen and oxygen atoms in total. The number of hydrogen-bond acceptors (Lipinski definition) is 3. The minimum Gasteiger partial charge on any atom is -0.379 e. The van der Waals surface area contributed by atoms with Gasteiger partial charge in [-0.1, -0.05) is 12.1 Å². The Bertz CT molecular complexity index is 444. The van der Waals surface area contributed by atoms with Crippen LogP contribution in [0.4, 0.5) is 4.39 Å². The van der Waals surface area contributed by atoms with Crippen LogP contribution in [0.5, 0.6) is 0 Å². The summed E-state index contributed by atoms with van der Waals surface area (Å²) in [7, 11) is 0. The maximum absolute atomic E-state index is 13.1. The number of nitrogens with one attached hydrogen (secondary N) is 1. The third-order valence-electron chi connectivity index (χ3n) is 3.20. The van der Waals surface area contributed by atoms with Crippen LogP contribution in [0.25, 0.3) is 0 Å². The van der Waals surface area contributed by atoms with E-state index < -0.39 is 5.54 Å². The van der Waals surface area contributed by atoms with Crippen molar-refractivity contribution in [2.45, 2.75) is 24.9 Å². The van der Waals surface area contributed by atoms with Crippen LogP contribution in [-0.2, 0) is 9.53 Å². The molecule has 98 valence electrons. The molecule has 0 radical (unpaired) electrons. The van der Waals surface area contributed by atoms with Gasteiger partial charge in [0.2, 0.25) is 5.91 Å². The normalized spacial score (nSPS) is 24.8. The molecular weight excluding hydrogens is 235 g/mol. The molecule has 1 unspecified atom stereocenters. The van der Waals surface area contributed by atoms with Gasteiger partial charge in [0, 0.05) is 6.61 Å². The molecule has 1 aromatic rings. The van der Waals surface area contributed by atoms with Crippen molar-refractivity contribution in [2.24, 2.45) is 5.73 Å². The van der Waals surface area contributed by atoms with Gasteiger partial charge in [0.05, 0.1) is 12.6 Å². The van der Waals surface area contributed by atoms with Crippen LogP contribution in [0.15, 0.2) is 24.3 Å². The third-order valence-corrected chi connectivity index (χ3v) is 3.20. The molecule has 1 aliphatic rings. The van der Waals surface area contributed by atoms with Gasteiger partial charge in [-0.15, -0.1) is 0 Å². The Morgan fingerprint density at radius 1 is 1.61 bits per heavy atom. The van der Waals surface area contributed by atoms with Crippen molar-refractivity contribution in [3.8, 4) is 0 Å².